The molecule has 0 radical (unpaired) electrons. The number of aryl methyl sites for hydroxylation is 2. The van der Waals surface area contributed by atoms with E-state index in [1.165, 1.54) is 0 Å². The van der Waals surface area contributed by atoms with Crippen LogP contribution in [0.5, 0.6) is 0 Å². The maximum atomic E-state index is 12.9. The van der Waals surface area contributed by atoms with Crippen LogP contribution < -0.4 is 10.6 Å². The Morgan fingerprint density at radius 2 is 0.885 bits per heavy atom. The maximum Gasteiger partial charge on any atom is 0.253 e. The number of carbonyl (C=O) groups excluding carboxylic acids is 4. The minimum Gasteiger partial charge on any atom is -0.412 e. The molecule has 2 fully saturated rings. The van der Waals surface area contributed by atoms with E-state index in [4.69, 9.17) is 0 Å². The summed E-state index contributed by atoms with van der Waals surface area (Å²) in [6.07, 6.45) is 3.59. The van der Waals surface area contributed by atoms with E-state index in [-0.39, 0.29) is 29.1 Å². The summed E-state index contributed by atoms with van der Waals surface area (Å²) in [6, 6.07) is 30.4. The highest BCUT2D eigenvalue weighted by Gasteiger charge is 2.26. The number of hydrogen-bond acceptors (Lipinski definition) is 10. The third kappa shape index (κ3) is 11.4. The topological polar surface area (TPSA) is 202 Å². The largest absolute Gasteiger partial charge is 0.412 e. The molecule has 0 bridgehead atoms. The highest BCUT2D eigenvalue weighted by molar-refractivity contribution is 6.01. The summed E-state index contributed by atoms with van der Waals surface area (Å²) in [5, 5.41) is 31.3. The van der Waals surface area contributed by atoms with Gasteiger partial charge in [0, 0.05) is 114 Å². The molecule has 0 aliphatic carbocycles. The van der Waals surface area contributed by atoms with Crippen LogP contribution in [0.1, 0.15) is 68.7 Å². The van der Waals surface area contributed by atoms with E-state index in [9.17, 15) is 29.6 Å². The molecule has 0 saturated carbocycles. The third-order valence-corrected chi connectivity index (χ3v) is 11.6. The minimum atomic E-state index is 0. The second kappa shape index (κ2) is 21.2. The molecular weight excluding hydrogens is 777 g/mol. The lowest BCUT2D eigenvalue weighted by atomic mass is 10.00. The molecule has 4 aromatic rings. The zero-order valence-corrected chi connectivity index (χ0v) is 34.3. The van der Waals surface area contributed by atoms with Gasteiger partial charge in [0.25, 0.3) is 11.8 Å². The predicted molar refractivity (Wildman–Crippen MR) is 234 cm³/mol. The first-order valence-electron chi connectivity index (χ1n) is 20.7. The SMILES string of the molecule is O.O=C1CCc2cc(C(=O)N3CCN(CCC(=NO)c4ccccc4)CC3)ccc2N1.O=C1CCc2cc(C(=O)N3CCN(CCC(=NO)c4ccccc4)CC3)ccc2N1. The van der Waals surface area contributed by atoms with Crippen molar-refractivity contribution in [2.24, 2.45) is 10.3 Å². The Bertz CT molecular complexity index is 2060. The molecule has 320 valence electrons. The predicted octanol–water partition coefficient (Wildman–Crippen LogP) is 4.37. The number of amides is 4. The zero-order chi connectivity index (χ0) is 41.8. The molecule has 0 spiro atoms. The van der Waals surface area contributed by atoms with Gasteiger partial charge in [-0.15, -0.1) is 0 Å². The van der Waals surface area contributed by atoms with E-state index in [1.807, 2.05) is 94.7 Å². The fourth-order valence-electron chi connectivity index (χ4n) is 8.04. The summed E-state index contributed by atoms with van der Waals surface area (Å²) >= 11 is 0. The number of piperazine rings is 2. The third-order valence-electron chi connectivity index (χ3n) is 11.6. The number of anilines is 2. The molecule has 2 saturated heterocycles. The van der Waals surface area contributed by atoms with Gasteiger partial charge in [-0.25, -0.2) is 0 Å². The minimum absolute atomic E-state index is 0. The monoisotopic (exact) mass is 830 g/mol. The number of nitrogens with one attached hydrogen (secondary N) is 2. The summed E-state index contributed by atoms with van der Waals surface area (Å²) in [5.41, 5.74) is 8.24. The zero-order valence-electron chi connectivity index (χ0n) is 34.3. The average molecular weight is 831 g/mol. The van der Waals surface area contributed by atoms with E-state index >= 15 is 0 Å². The van der Waals surface area contributed by atoms with Crippen molar-refractivity contribution in [3.8, 4) is 0 Å². The lowest BCUT2D eigenvalue weighted by Crippen LogP contribution is -2.49. The van der Waals surface area contributed by atoms with Crippen LogP contribution in [-0.4, -0.2) is 136 Å². The fraction of sp³-hybridized carbons (Fsp3) is 0.348. The van der Waals surface area contributed by atoms with Crippen molar-refractivity contribution in [2.75, 3.05) is 76.1 Å². The molecule has 15 nitrogen and oxygen atoms in total. The van der Waals surface area contributed by atoms with Gasteiger partial charge in [-0.3, -0.25) is 29.0 Å². The molecule has 0 atom stereocenters. The first kappa shape index (κ1) is 44.1. The second-order valence-corrected chi connectivity index (χ2v) is 15.4. The molecule has 61 heavy (non-hydrogen) atoms. The van der Waals surface area contributed by atoms with Gasteiger partial charge in [0.2, 0.25) is 11.8 Å². The van der Waals surface area contributed by atoms with Crippen molar-refractivity contribution in [1.29, 1.82) is 0 Å². The Hall–Kier alpha value is -6.42. The molecule has 4 aliphatic heterocycles. The Morgan fingerprint density at radius 1 is 0.508 bits per heavy atom. The summed E-state index contributed by atoms with van der Waals surface area (Å²) in [6.45, 7) is 7.42. The number of fused-ring (bicyclic) bond motifs is 2. The Labute approximate surface area is 355 Å². The van der Waals surface area contributed by atoms with Crippen LogP contribution >= 0.6 is 0 Å². The van der Waals surface area contributed by atoms with Crippen molar-refractivity contribution in [1.82, 2.24) is 19.6 Å². The number of oxime groups is 2. The van der Waals surface area contributed by atoms with Crippen molar-refractivity contribution in [3.05, 3.63) is 130 Å². The highest BCUT2D eigenvalue weighted by Crippen LogP contribution is 2.26. The number of benzene rings is 4. The summed E-state index contributed by atoms with van der Waals surface area (Å²) in [4.78, 5) is 57.2. The van der Waals surface area contributed by atoms with Gasteiger partial charge in [0.05, 0.1) is 11.4 Å². The van der Waals surface area contributed by atoms with Crippen LogP contribution in [0.3, 0.4) is 0 Å². The lowest BCUT2D eigenvalue weighted by molar-refractivity contribution is -0.117. The summed E-state index contributed by atoms with van der Waals surface area (Å²) < 4.78 is 0. The molecule has 6 N–H and O–H groups in total. The molecule has 0 unspecified atom stereocenters. The molecule has 4 aliphatic rings. The van der Waals surface area contributed by atoms with Crippen molar-refractivity contribution < 1.29 is 35.1 Å². The van der Waals surface area contributed by atoms with E-state index in [2.05, 4.69) is 30.7 Å². The van der Waals surface area contributed by atoms with Gasteiger partial charge < -0.3 is 36.3 Å². The number of hydrogen-bond donors (Lipinski definition) is 4. The van der Waals surface area contributed by atoms with Crippen molar-refractivity contribution in [2.45, 2.75) is 38.5 Å². The van der Waals surface area contributed by atoms with Crippen molar-refractivity contribution >= 4 is 46.4 Å². The van der Waals surface area contributed by atoms with E-state index < -0.39 is 0 Å². The van der Waals surface area contributed by atoms with Gasteiger partial charge >= 0.3 is 0 Å². The van der Waals surface area contributed by atoms with E-state index in [0.29, 0.717) is 87.3 Å². The number of rotatable bonds is 10. The highest BCUT2D eigenvalue weighted by atomic mass is 16.4. The van der Waals surface area contributed by atoms with Gasteiger partial charge in [-0.05, 0) is 71.5 Å². The summed E-state index contributed by atoms with van der Waals surface area (Å²) in [7, 11) is 0. The quantitative estimate of drug-likeness (QED) is 0.103. The molecule has 15 heteroatoms. The standard InChI is InChI=1S/2C23H26N4O3.H2O/c2*28-22-9-7-18-16-19(6-8-20(18)24-22)23(29)27-14-12-26(13-15-27)11-10-21(25-30)17-4-2-1-3-5-17;/h2*1-6,8,16,30H,7,9-15H2,(H,24,28);1H2. The number of nitrogens with zero attached hydrogens (tertiary/aromatic N) is 6. The van der Waals surface area contributed by atoms with Crippen LogP contribution in [0.15, 0.2) is 107 Å². The van der Waals surface area contributed by atoms with Crippen LogP contribution in [0.25, 0.3) is 0 Å². The first-order chi connectivity index (χ1) is 29.3. The molecule has 4 aromatic carbocycles. The normalized spacial score (nSPS) is 17.1. The van der Waals surface area contributed by atoms with Gasteiger partial charge in [0.1, 0.15) is 0 Å². The molecule has 4 amide bonds. The summed E-state index contributed by atoms with van der Waals surface area (Å²) in [5.74, 6) is 0.131. The smallest absolute Gasteiger partial charge is 0.253 e. The van der Waals surface area contributed by atoms with Crippen LogP contribution in [0.4, 0.5) is 11.4 Å². The molecule has 8 rings (SSSR count). The fourth-order valence-corrected chi connectivity index (χ4v) is 8.04. The number of carbonyl (C=O) groups is 4. The van der Waals surface area contributed by atoms with Gasteiger partial charge in [-0.1, -0.05) is 71.0 Å². The van der Waals surface area contributed by atoms with Crippen molar-refractivity contribution in [3.63, 3.8) is 0 Å². The molecule has 0 aromatic heterocycles. The van der Waals surface area contributed by atoms with Crippen LogP contribution in [-0.2, 0) is 22.4 Å². The van der Waals surface area contributed by atoms with Crippen LogP contribution in [0.2, 0.25) is 0 Å². The van der Waals surface area contributed by atoms with E-state index in [0.717, 1.165) is 72.9 Å². The van der Waals surface area contributed by atoms with Crippen LogP contribution in [0, 0.1) is 0 Å². The van der Waals surface area contributed by atoms with Gasteiger partial charge in [-0.2, -0.15) is 0 Å². The Morgan fingerprint density at radius 3 is 1.25 bits per heavy atom. The van der Waals surface area contributed by atoms with E-state index in [1.54, 1.807) is 12.1 Å². The maximum absolute atomic E-state index is 12.9. The lowest BCUT2D eigenvalue weighted by Gasteiger charge is -2.35. The van der Waals surface area contributed by atoms with Gasteiger partial charge in [0.15, 0.2) is 0 Å². The molecule has 4 heterocycles. The Kier molecular flexibility index (Phi) is 15.3. The second-order valence-electron chi connectivity index (χ2n) is 15.4. The first-order valence-corrected chi connectivity index (χ1v) is 20.7. The Balaban J connectivity index is 0.000000201. The average Bonchev–Trinajstić information content (AvgIpc) is 3.30. The molecular formula is C46H54N8O7.